The number of ether oxygens (including phenoxy) is 2. The van der Waals surface area contributed by atoms with Crippen molar-refractivity contribution in [2.24, 2.45) is 0 Å². The number of hydrogen-bond donors (Lipinski definition) is 1. The van der Waals surface area contributed by atoms with E-state index in [0.29, 0.717) is 13.2 Å². The Bertz CT molecular complexity index is 298. The Morgan fingerprint density at radius 2 is 1.65 bits per heavy atom. The van der Waals surface area contributed by atoms with Gasteiger partial charge in [0, 0.05) is 0 Å². The molecular weight excluding hydrogens is 216 g/mol. The molecule has 0 aliphatic heterocycles. The lowest BCUT2D eigenvalue weighted by Crippen LogP contribution is -2.22. The molecule has 1 aromatic carbocycles. The zero-order valence-electron chi connectivity index (χ0n) is 10.8. The highest BCUT2D eigenvalue weighted by Crippen LogP contribution is 2.16. The van der Waals surface area contributed by atoms with Gasteiger partial charge in [-0.2, -0.15) is 0 Å². The minimum absolute atomic E-state index is 0.00392. The van der Waals surface area contributed by atoms with Crippen LogP contribution in [0.4, 0.5) is 0 Å². The molecule has 1 N–H and O–H groups in total. The van der Waals surface area contributed by atoms with Crippen molar-refractivity contribution in [3.63, 3.8) is 0 Å². The van der Waals surface area contributed by atoms with Gasteiger partial charge in [0.1, 0.15) is 0 Å². The smallest absolute Gasteiger partial charge is 0.0798 e. The largest absolute Gasteiger partial charge is 0.391 e. The molecule has 17 heavy (non-hydrogen) atoms. The molecule has 0 heterocycles. The molecule has 0 saturated carbocycles. The fourth-order valence-electron chi connectivity index (χ4n) is 1.45. The van der Waals surface area contributed by atoms with E-state index in [9.17, 15) is 0 Å². The number of benzene rings is 1. The van der Waals surface area contributed by atoms with Crippen LogP contribution in [0.3, 0.4) is 0 Å². The monoisotopic (exact) mass is 238 g/mol. The third-order valence-corrected chi connectivity index (χ3v) is 2.47. The van der Waals surface area contributed by atoms with Gasteiger partial charge in [0.15, 0.2) is 0 Å². The van der Waals surface area contributed by atoms with E-state index in [-0.39, 0.29) is 12.2 Å². The Kier molecular flexibility index (Phi) is 6.19. The minimum Gasteiger partial charge on any atom is -0.391 e. The normalized spacial score (nSPS) is 16.5. The van der Waals surface area contributed by atoms with Gasteiger partial charge >= 0.3 is 0 Å². The maximum Gasteiger partial charge on any atom is 0.0798 e. The summed E-state index contributed by atoms with van der Waals surface area (Å²) < 4.78 is 11.1. The van der Waals surface area contributed by atoms with E-state index in [1.165, 1.54) is 0 Å². The average Bonchev–Trinajstić information content (AvgIpc) is 2.34. The van der Waals surface area contributed by atoms with Crippen LogP contribution in [0, 0.1) is 0 Å². The van der Waals surface area contributed by atoms with Crippen molar-refractivity contribution in [3.8, 4) is 0 Å². The Balaban J connectivity index is 2.26. The SMILES string of the molecule is CC(O)COC(C)COC(C)c1ccccc1. The quantitative estimate of drug-likeness (QED) is 0.793. The van der Waals surface area contributed by atoms with E-state index in [2.05, 4.69) is 0 Å². The molecule has 3 heteroatoms. The summed E-state index contributed by atoms with van der Waals surface area (Å²) >= 11 is 0. The number of hydrogen-bond acceptors (Lipinski definition) is 3. The van der Waals surface area contributed by atoms with E-state index in [1.807, 2.05) is 44.2 Å². The van der Waals surface area contributed by atoms with Gasteiger partial charge in [0.2, 0.25) is 0 Å². The Hall–Kier alpha value is -0.900. The molecule has 0 spiro atoms. The van der Waals surface area contributed by atoms with Gasteiger partial charge in [-0.3, -0.25) is 0 Å². The highest BCUT2D eigenvalue weighted by molar-refractivity contribution is 5.16. The van der Waals surface area contributed by atoms with E-state index in [1.54, 1.807) is 6.92 Å². The third-order valence-electron chi connectivity index (χ3n) is 2.47. The molecule has 1 rings (SSSR count). The Morgan fingerprint density at radius 1 is 1.00 bits per heavy atom. The van der Waals surface area contributed by atoms with Crippen molar-refractivity contribution in [1.29, 1.82) is 0 Å². The first-order chi connectivity index (χ1) is 8.09. The van der Waals surface area contributed by atoms with Crippen LogP contribution in [0.5, 0.6) is 0 Å². The van der Waals surface area contributed by atoms with Crippen molar-refractivity contribution in [2.75, 3.05) is 13.2 Å². The summed E-state index contributed by atoms with van der Waals surface area (Å²) in [5.41, 5.74) is 1.16. The van der Waals surface area contributed by atoms with Crippen LogP contribution < -0.4 is 0 Å². The lowest BCUT2D eigenvalue weighted by Gasteiger charge is -2.18. The zero-order chi connectivity index (χ0) is 12.7. The molecule has 0 radical (unpaired) electrons. The maximum atomic E-state index is 9.09. The molecule has 0 aliphatic rings. The second kappa shape index (κ2) is 7.43. The van der Waals surface area contributed by atoms with Gasteiger partial charge in [0.05, 0.1) is 31.5 Å². The fourth-order valence-corrected chi connectivity index (χ4v) is 1.45. The van der Waals surface area contributed by atoms with Gasteiger partial charge < -0.3 is 14.6 Å². The van der Waals surface area contributed by atoms with Crippen LogP contribution in [-0.4, -0.2) is 30.5 Å². The van der Waals surface area contributed by atoms with Gasteiger partial charge in [-0.1, -0.05) is 30.3 Å². The van der Waals surface area contributed by atoms with Crippen LogP contribution in [0.2, 0.25) is 0 Å². The van der Waals surface area contributed by atoms with Crippen molar-refractivity contribution < 1.29 is 14.6 Å². The predicted octanol–water partition coefficient (Wildman–Crippen LogP) is 2.55. The Labute approximate surface area is 103 Å². The standard InChI is InChI=1S/C14H22O3/c1-11(15)9-16-12(2)10-17-13(3)14-7-5-4-6-8-14/h4-8,11-13,15H,9-10H2,1-3H3. The molecule has 1 aromatic rings. The molecule has 0 saturated heterocycles. The molecule has 0 aliphatic carbocycles. The van der Waals surface area contributed by atoms with Gasteiger partial charge in [-0.15, -0.1) is 0 Å². The number of aliphatic hydroxyl groups is 1. The van der Waals surface area contributed by atoms with Crippen LogP contribution in [0.15, 0.2) is 30.3 Å². The molecular formula is C14H22O3. The molecule has 3 atom stereocenters. The molecule has 0 aromatic heterocycles. The van der Waals surface area contributed by atoms with Crippen LogP contribution in [0.25, 0.3) is 0 Å². The third kappa shape index (κ3) is 5.82. The molecule has 0 bridgehead atoms. The number of rotatable bonds is 7. The second-order valence-corrected chi connectivity index (χ2v) is 4.38. The minimum atomic E-state index is -0.427. The topological polar surface area (TPSA) is 38.7 Å². The molecule has 0 amide bonds. The maximum absolute atomic E-state index is 9.09. The first kappa shape index (κ1) is 14.2. The summed E-state index contributed by atoms with van der Waals surface area (Å²) in [6, 6.07) is 10.1. The summed E-state index contributed by atoms with van der Waals surface area (Å²) in [6.07, 6.45) is -0.367. The van der Waals surface area contributed by atoms with Gasteiger partial charge in [0.25, 0.3) is 0 Å². The zero-order valence-corrected chi connectivity index (χ0v) is 10.8. The highest BCUT2D eigenvalue weighted by atomic mass is 16.5. The van der Waals surface area contributed by atoms with Crippen molar-refractivity contribution >= 4 is 0 Å². The van der Waals surface area contributed by atoms with Crippen LogP contribution in [-0.2, 0) is 9.47 Å². The van der Waals surface area contributed by atoms with Crippen molar-refractivity contribution in [1.82, 2.24) is 0 Å². The van der Waals surface area contributed by atoms with Gasteiger partial charge in [-0.05, 0) is 26.3 Å². The summed E-state index contributed by atoms with van der Waals surface area (Å²) in [4.78, 5) is 0. The summed E-state index contributed by atoms with van der Waals surface area (Å²) in [6.45, 7) is 6.56. The van der Waals surface area contributed by atoms with Crippen molar-refractivity contribution in [2.45, 2.75) is 39.1 Å². The van der Waals surface area contributed by atoms with E-state index >= 15 is 0 Å². The summed E-state index contributed by atoms with van der Waals surface area (Å²) in [5.74, 6) is 0. The van der Waals surface area contributed by atoms with Crippen LogP contribution in [0.1, 0.15) is 32.4 Å². The average molecular weight is 238 g/mol. The van der Waals surface area contributed by atoms with E-state index in [0.717, 1.165) is 5.56 Å². The first-order valence-electron chi connectivity index (χ1n) is 6.05. The lowest BCUT2D eigenvalue weighted by molar-refractivity contribution is -0.0535. The lowest BCUT2D eigenvalue weighted by atomic mass is 10.1. The molecule has 96 valence electrons. The highest BCUT2D eigenvalue weighted by Gasteiger charge is 2.09. The number of aliphatic hydroxyl groups excluding tert-OH is 1. The second-order valence-electron chi connectivity index (χ2n) is 4.38. The van der Waals surface area contributed by atoms with Gasteiger partial charge in [-0.25, -0.2) is 0 Å². The van der Waals surface area contributed by atoms with Crippen LogP contribution >= 0.6 is 0 Å². The van der Waals surface area contributed by atoms with E-state index in [4.69, 9.17) is 14.6 Å². The first-order valence-corrected chi connectivity index (χ1v) is 6.05. The molecule has 3 unspecified atom stereocenters. The van der Waals surface area contributed by atoms with E-state index < -0.39 is 6.10 Å². The predicted molar refractivity (Wildman–Crippen MR) is 67.9 cm³/mol. The molecule has 0 fully saturated rings. The molecule has 3 nitrogen and oxygen atoms in total. The summed E-state index contributed by atoms with van der Waals surface area (Å²) in [7, 11) is 0. The van der Waals surface area contributed by atoms with Crippen molar-refractivity contribution in [3.05, 3.63) is 35.9 Å². The Morgan fingerprint density at radius 3 is 2.24 bits per heavy atom. The fraction of sp³-hybridized carbons (Fsp3) is 0.571. The summed E-state index contributed by atoms with van der Waals surface area (Å²) in [5, 5.41) is 9.09.